The van der Waals surface area contributed by atoms with E-state index < -0.39 is 0 Å². The predicted molar refractivity (Wildman–Crippen MR) is 71.2 cm³/mol. The first-order chi connectivity index (χ1) is 7.76. The van der Waals surface area contributed by atoms with Crippen LogP contribution < -0.4 is 5.32 Å². The molecule has 1 aromatic heterocycles. The monoisotopic (exact) mass is 241 g/mol. The molecular formula is C13H23NOS. The van der Waals surface area contributed by atoms with Gasteiger partial charge in [-0.05, 0) is 62.0 Å². The maximum Gasteiger partial charge on any atom is 0.0543 e. The third-order valence-corrected chi connectivity index (χ3v) is 3.83. The molecule has 0 radical (unpaired) electrons. The predicted octanol–water partition coefficient (Wildman–Crippen LogP) is 3.08. The molecule has 2 nitrogen and oxygen atoms in total. The lowest BCUT2D eigenvalue weighted by atomic mass is 10.0. The number of hydrogen-bond acceptors (Lipinski definition) is 3. The van der Waals surface area contributed by atoms with E-state index in [1.54, 1.807) is 18.4 Å². The fraction of sp³-hybridized carbons (Fsp3) is 0.692. The Morgan fingerprint density at radius 3 is 2.75 bits per heavy atom. The molecule has 1 N–H and O–H groups in total. The van der Waals surface area contributed by atoms with E-state index in [0.29, 0.717) is 12.1 Å². The first-order valence-electron chi connectivity index (χ1n) is 5.97. The van der Waals surface area contributed by atoms with Gasteiger partial charge in [0.1, 0.15) is 0 Å². The zero-order valence-corrected chi connectivity index (χ0v) is 11.3. The largest absolute Gasteiger partial charge is 0.382 e. The lowest BCUT2D eigenvalue weighted by Gasteiger charge is -2.17. The molecule has 2 atom stereocenters. The number of hydrogen-bond donors (Lipinski definition) is 1. The Labute approximate surface area is 103 Å². The smallest absolute Gasteiger partial charge is 0.0543 e. The van der Waals surface area contributed by atoms with Crippen molar-refractivity contribution in [2.24, 2.45) is 0 Å². The fourth-order valence-electron chi connectivity index (χ4n) is 1.76. The van der Waals surface area contributed by atoms with Gasteiger partial charge in [-0.1, -0.05) is 0 Å². The Kier molecular flexibility index (Phi) is 6.69. The molecule has 1 aromatic rings. The Morgan fingerprint density at radius 1 is 1.38 bits per heavy atom. The summed E-state index contributed by atoms with van der Waals surface area (Å²) >= 11 is 1.78. The highest BCUT2D eigenvalue weighted by atomic mass is 32.1. The molecule has 0 aliphatic carbocycles. The second kappa shape index (κ2) is 7.82. The highest BCUT2D eigenvalue weighted by molar-refractivity contribution is 7.07. The van der Waals surface area contributed by atoms with Crippen molar-refractivity contribution in [1.82, 2.24) is 5.32 Å². The SMILES string of the molecule is CNC(CCc1ccsc1)CCC(C)OC. The topological polar surface area (TPSA) is 21.3 Å². The van der Waals surface area contributed by atoms with Crippen molar-refractivity contribution in [3.63, 3.8) is 0 Å². The van der Waals surface area contributed by atoms with Crippen molar-refractivity contribution in [1.29, 1.82) is 0 Å². The zero-order valence-electron chi connectivity index (χ0n) is 10.5. The van der Waals surface area contributed by atoms with Gasteiger partial charge in [-0.3, -0.25) is 0 Å². The summed E-state index contributed by atoms with van der Waals surface area (Å²) in [6.07, 6.45) is 5.08. The summed E-state index contributed by atoms with van der Waals surface area (Å²) in [5, 5.41) is 7.78. The molecule has 1 heterocycles. The van der Waals surface area contributed by atoms with Gasteiger partial charge >= 0.3 is 0 Å². The molecule has 0 amide bonds. The average molecular weight is 241 g/mol. The molecule has 0 saturated carbocycles. The summed E-state index contributed by atoms with van der Waals surface area (Å²) in [5.41, 5.74) is 1.46. The van der Waals surface area contributed by atoms with Crippen LogP contribution in [0.3, 0.4) is 0 Å². The van der Waals surface area contributed by atoms with Gasteiger partial charge in [-0.25, -0.2) is 0 Å². The standard InChI is InChI=1S/C13H23NOS/c1-11(15-3)4-6-13(14-2)7-5-12-8-9-16-10-12/h8-11,13-14H,4-7H2,1-3H3. The van der Waals surface area contributed by atoms with Gasteiger partial charge in [0.2, 0.25) is 0 Å². The fourth-order valence-corrected chi connectivity index (χ4v) is 2.47. The van der Waals surface area contributed by atoms with Crippen LogP contribution in [0.4, 0.5) is 0 Å². The van der Waals surface area contributed by atoms with Crippen molar-refractivity contribution in [3.05, 3.63) is 22.4 Å². The van der Waals surface area contributed by atoms with Gasteiger partial charge in [-0.15, -0.1) is 0 Å². The van der Waals surface area contributed by atoms with Gasteiger partial charge in [0.25, 0.3) is 0 Å². The van der Waals surface area contributed by atoms with Crippen LogP contribution >= 0.6 is 11.3 Å². The quantitative estimate of drug-likeness (QED) is 0.755. The molecule has 0 aromatic carbocycles. The summed E-state index contributed by atoms with van der Waals surface area (Å²) in [6, 6.07) is 2.83. The molecule has 0 aliphatic heterocycles. The van der Waals surface area contributed by atoms with E-state index >= 15 is 0 Å². The van der Waals surface area contributed by atoms with Crippen molar-refractivity contribution < 1.29 is 4.74 Å². The molecule has 1 rings (SSSR count). The molecule has 2 unspecified atom stereocenters. The van der Waals surface area contributed by atoms with Gasteiger partial charge in [0, 0.05) is 13.2 Å². The maximum atomic E-state index is 5.27. The average Bonchev–Trinajstić information content (AvgIpc) is 2.81. The third kappa shape index (κ3) is 5.10. The van der Waals surface area contributed by atoms with Crippen LogP contribution in [-0.4, -0.2) is 26.3 Å². The van der Waals surface area contributed by atoms with Crippen molar-refractivity contribution in [2.45, 2.75) is 44.8 Å². The van der Waals surface area contributed by atoms with E-state index in [2.05, 4.69) is 36.1 Å². The summed E-state index contributed by atoms with van der Waals surface area (Å²) in [4.78, 5) is 0. The molecular weight excluding hydrogens is 218 g/mol. The van der Waals surface area contributed by atoms with E-state index in [1.807, 2.05) is 0 Å². The molecule has 16 heavy (non-hydrogen) atoms. The van der Waals surface area contributed by atoms with Crippen LogP contribution in [0.1, 0.15) is 31.7 Å². The van der Waals surface area contributed by atoms with Crippen molar-refractivity contribution >= 4 is 11.3 Å². The lowest BCUT2D eigenvalue weighted by molar-refractivity contribution is 0.106. The Bertz CT molecular complexity index is 261. The van der Waals surface area contributed by atoms with E-state index in [0.717, 1.165) is 6.42 Å². The van der Waals surface area contributed by atoms with E-state index in [9.17, 15) is 0 Å². The molecule has 0 saturated heterocycles. The summed E-state index contributed by atoms with van der Waals surface area (Å²) in [6.45, 7) is 2.13. The Balaban J connectivity index is 2.21. The molecule has 3 heteroatoms. The molecule has 0 aliphatic rings. The number of aryl methyl sites for hydroxylation is 1. The molecule has 0 bridgehead atoms. The van der Waals surface area contributed by atoms with Crippen LogP contribution in [0.25, 0.3) is 0 Å². The minimum absolute atomic E-state index is 0.372. The third-order valence-electron chi connectivity index (χ3n) is 3.09. The number of ether oxygens (including phenoxy) is 1. The lowest BCUT2D eigenvalue weighted by Crippen LogP contribution is -2.27. The summed E-state index contributed by atoms with van der Waals surface area (Å²) < 4.78 is 5.27. The second-order valence-electron chi connectivity index (χ2n) is 4.28. The highest BCUT2D eigenvalue weighted by Crippen LogP contribution is 2.13. The van der Waals surface area contributed by atoms with Gasteiger partial charge in [0.05, 0.1) is 6.10 Å². The minimum atomic E-state index is 0.372. The van der Waals surface area contributed by atoms with Gasteiger partial charge < -0.3 is 10.1 Å². The van der Waals surface area contributed by atoms with Crippen molar-refractivity contribution in [3.8, 4) is 0 Å². The second-order valence-corrected chi connectivity index (χ2v) is 5.06. The van der Waals surface area contributed by atoms with E-state index in [-0.39, 0.29) is 0 Å². The van der Waals surface area contributed by atoms with Gasteiger partial charge in [0.15, 0.2) is 0 Å². The van der Waals surface area contributed by atoms with E-state index in [1.165, 1.54) is 24.8 Å². The number of nitrogens with one attached hydrogen (secondary N) is 1. The summed E-state index contributed by atoms with van der Waals surface area (Å²) in [5.74, 6) is 0. The minimum Gasteiger partial charge on any atom is -0.382 e. The maximum absolute atomic E-state index is 5.27. The van der Waals surface area contributed by atoms with Crippen LogP contribution in [-0.2, 0) is 11.2 Å². The summed E-state index contributed by atoms with van der Waals surface area (Å²) in [7, 11) is 3.83. The highest BCUT2D eigenvalue weighted by Gasteiger charge is 2.09. The normalized spacial score (nSPS) is 14.9. The van der Waals surface area contributed by atoms with Gasteiger partial charge in [-0.2, -0.15) is 11.3 Å². The van der Waals surface area contributed by atoms with Crippen LogP contribution in [0.5, 0.6) is 0 Å². The zero-order chi connectivity index (χ0) is 11.8. The number of thiophene rings is 1. The van der Waals surface area contributed by atoms with Crippen LogP contribution in [0.2, 0.25) is 0 Å². The van der Waals surface area contributed by atoms with Crippen LogP contribution in [0.15, 0.2) is 16.8 Å². The number of rotatable bonds is 8. The Hall–Kier alpha value is -0.380. The first kappa shape index (κ1) is 13.7. The first-order valence-corrected chi connectivity index (χ1v) is 6.91. The molecule has 0 spiro atoms. The van der Waals surface area contributed by atoms with E-state index in [4.69, 9.17) is 4.74 Å². The van der Waals surface area contributed by atoms with Crippen LogP contribution in [0, 0.1) is 0 Å². The van der Waals surface area contributed by atoms with Crippen molar-refractivity contribution in [2.75, 3.05) is 14.2 Å². The molecule has 92 valence electrons. The number of methoxy groups -OCH3 is 1. The molecule has 0 fully saturated rings. The Morgan fingerprint density at radius 2 is 2.19 bits per heavy atom.